The van der Waals surface area contributed by atoms with Crippen LogP contribution in [0.2, 0.25) is 0 Å². The van der Waals surface area contributed by atoms with Gasteiger partial charge in [0.2, 0.25) is 0 Å². The molecule has 0 radical (unpaired) electrons. The molecule has 1 N–H and O–H groups in total. The summed E-state index contributed by atoms with van der Waals surface area (Å²) < 4.78 is 9.86. The zero-order chi connectivity index (χ0) is 17.3. The Morgan fingerprint density at radius 1 is 1.18 bits per heavy atom. The summed E-state index contributed by atoms with van der Waals surface area (Å²) in [6.07, 6.45) is 1.47. The molecule has 0 aliphatic rings. The average molecular weight is 333 g/mol. The maximum absolute atomic E-state index is 11.9. The van der Waals surface area contributed by atoms with Crippen LogP contribution in [0.3, 0.4) is 0 Å². The molecule has 0 fully saturated rings. The van der Waals surface area contributed by atoms with E-state index in [1.54, 1.807) is 27.0 Å². The molecule has 1 atom stereocenters. The van der Waals surface area contributed by atoms with Crippen molar-refractivity contribution in [3.63, 3.8) is 0 Å². The molecule has 22 heavy (non-hydrogen) atoms. The number of ketones is 1. The van der Waals surface area contributed by atoms with Gasteiger partial charge in [0.1, 0.15) is 17.8 Å². The zero-order valence-corrected chi connectivity index (χ0v) is 15.0. The van der Waals surface area contributed by atoms with Crippen molar-refractivity contribution in [3.8, 4) is 0 Å². The number of ether oxygens (including phenoxy) is 1. The standard InChI is InChI=1S/C15H27NO5S/c1-10(2)7-11(16-14(19)20-15(3,4)5)8-12(17)9-13(18)21-22-6/h10-11H,7-9H2,1-6H3,(H,16,19)/t11-/m0/s1. The first-order chi connectivity index (χ1) is 10.0. The van der Waals surface area contributed by atoms with Crippen LogP contribution in [0.25, 0.3) is 0 Å². The van der Waals surface area contributed by atoms with E-state index in [4.69, 9.17) is 4.74 Å². The molecule has 0 aromatic heterocycles. The Balaban J connectivity index is 4.54. The van der Waals surface area contributed by atoms with Crippen molar-refractivity contribution in [1.82, 2.24) is 5.32 Å². The summed E-state index contributed by atoms with van der Waals surface area (Å²) in [6.45, 7) is 9.31. The molecule has 1 amide bonds. The van der Waals surface area contributed by atoms with Crippen LogP contribution in [-0.2, 0) is 18.5 Å². The number of nitrogens with one attached hydrogen (secondary N) is 1. The summed E-state index contributed by atoms with van der Waals surface area (Å²) >= 11 is 0.907. The molecule has 0 saturated heterocycles. The van der Waals surface area contributed by atoms with Gasteiger partial charge in [0.15, 0.2) is 0 Å². The SMILES string of the molecule is CSOC(=O)CC(=O)C[C@H](CC(C)C)NC(=O)OC(C)(C)C. The minimum Gasteiger partial charge on any atom is -0.444 e. The number of amides is 1. The van der Waals surface area contributed by atoms with Crippen LogP contribution in [0.15, 0.2) is 0 Å². The highest BCUT2D eigenvalue weighted by atomic mass is 32.2. The Morgan fingerprint density at radius 3 is 2.23 bits per heavy atom. The van der Waals surface area contributed by atoms with Crippen molar-refractivity contribution in [2.75, 3.05) is 6.26 Å². The highest BCUT2D eigenvalue weighted by molar-refractivity contribution is 7.94. The van der Waals surface area contributed by atoms with E-state index in [1.807, 2.05) is 13.8 Å². The van der Waals surface area contributed by atoms with Gasteiger partial charge in [0, 0.05) is 18.7 Å². The van der Waals surface area contributed by atoms with Crippen molar-refractivity contribution in [3.05, 3.63) is 0 Å². The molecule has 0 bridgehead atoms. The van der Waals surface area contributed by atoms with Gasteiger partial charge in [0.25, 0.3) is 0 Å². The second-order valence-electron chi connectivity index (χ2n) is 6.51. The first kappa shape index (κ1) is 20.8. The van der Waals surface area contributed by atoms with E-state index in [1.165, 1.54) is 0 Å². The molecule has 0 saturated carbocycles. The van der Waals surface area contributed by atoms with Gasteiger partial charge in [-0.2, -0.15) is 0 Å². The van der Waals surface area contributed by atoms with Crippen LogP contribution in [0.4, 0.5) is 4.79 Å². The topological polar surface area (TPSA) is 81.7 Å². The van der Waals surface area contributed by atoms with Crippen LogP contribution >= 0.6 is 12.0 Å². The van der Waals surface area contributed by atoms with Gasteiger partial charge in [-0.05, 0) is 33.1 Å². The maximum Gasteiger partial charge on any atom is 0.407 e. The molecule has 0 aromatic carbocycles. The second-order valence-corrected chi connectivity index (χ2v) is 7.01. The average Bonchev–Trinajstić information content (AvgIpc) is 2.24. The summed E-state index contributed by atoms with van der Waals surface area (Å²) in [7, 11) is 0. The van der Waals surface area contributed by atoms with E-state index < -0.39 is 17.7 Å². The van der Waals surface area contributed by atoms with Crippen LogP contribution in [-0.4, -0.2) is 35.7 Å². The highest BCUT2D eigenvalue weighted by Crippen LogP contribution is 2.13. The molecule has 0 rings (SSSR count). The van der Waals surface area contributed by atoms with Crippen LogP contribution in [0, 0.1) is 5.92 Å². The third-order valence-electron chi connectivity index (χ3n) is 2.47. The lowest BCUT2D eigenvalue weighted by Gasteiger charge is -2.24. The lowest BCUT2D eigenvalue weighted by atomic mass is 9.98. The van der Waals surface area contributed by atoms with Crippen LogP contribution < -0.4 is 5.32 Å². The first-order valence-corrected chi connectivity index (χ1v) is 8.43. The molecule has 0 unspecified atom stereocenters. The predicted octanol–water partition coefficient (Wildman–Crippen LogP) is 3.10. The number of Topliss-reactive ketones (excluding diaryl/α,β-unsaturated/α-hetero) is 1. The van der Waals surface area contributed by atoms with Gasteiger partial charge in [-0.1, -0.05) is 13.8 Å². The largest absolute Gasteiger partial charge is 0.444 e. The van der Waals surface area contributed by atoms with E-state index in [-0.39, 0.29) is 24.7 Å². The van der Waals surface area contributed by atoms with Crippen molar-refractivity contribution in [1.29, 1.82) is 0 Å². The van der Waals surface area contributed by atoms with E-state index in [0.717, 1.165) is 12.0 Å². The Kier molecular flexibility index (Phi) is 9.16. The van der Waals surface area contributed by atoms with E-state index >= 15 is 0 Å². The molecule has 0 aliphatic carbocycles. The van der Waals surface area contributed by atoms with Crippen molar-refractivity contribution >= 4 is 29.9 Å². The van der Waals surface area contributed by atoms with Crippen molar-refractivity contribution in [2.45, 2.75) is 65.5 Å². The van der Waals surface area contributed by atoms with Crippen molar-refractivity contribution < 1.29 is 23.3 Å². The quantitative estimate of drug-likeness (QED) is 0.543. The summed E-state index contributed by atoms with van der Waals surface area (Å²) in [4.78, 5) is 35.0. The van der Waals surface area contributed by atoms with Gasteiger partial charge in [-0.25, -0.2) is 4.79 Å². The van der Waals surface area contributed by atoms with Crippen LogP contribution in [0.5, 0.6) is 0 Å². The number of hydrogen-bond donors (Lipinski definition) is 1. The van der Waals surface area contributed by atoms with Gasteiger partial charge < -0.3 is 14.2 Å². The summed E-state index contributed by atoms with van der Waals surface area (Å²) in [6, 6.07) is -0.357. The summed E-state index contributed by atoms with van der Waals surface area (Å²) in [5.74, 6) is -0.537. The lowest BCUT2D eigenvalue weighted by molar-refractivity contribution is -0.136. The Morgan fingerprint density at radius 2 is 1.77 bits per heavy atom. The Labute approximate surface area is 136 Å². The highest BCUT2D eigenvalue weighted by Gasteiger charge is 2.23. The summed E-state index contributed by atoms with van der Waals surface area (Å²) in [5.41, 5.74) is -0.599. The fraction of sp³-hybridized carbons (Fsp3) is 0.800. The number of alkyl carbamates (subject to hydrolysis) is 1. The molecule has 0 aromatic rings. The van der Waals surface area contributed by atoms with Gasteiger partial charge in [-0.15, -0.1) is 0 Å². The van der Waals surface area contributed by atoms with E-state index in [2.05, 4.69) is 9.50 Å². The fourth-order valence-corrected chi connectivity index (χ4v) is 2.11. The van der Waals surface area contributed by atoms with Gasteiger partial charge in [-0.3, -0.25) is 9.59 Å². The minimum absolute atomic E-state index is 0.0842. The zero-order valence-electron chi connectivity index (χ0n) is 14.2. The Bertz CT molecular complexity index is 390. The number of carbonyl (C=O) groups is 3. The first-order valence-electron chi connectivity index (χ1n) is 7.28. The van der Waals surface area contributed by atoms with Gasteiger partial charge >= 0.3 is 12.1 Å². The normalized spacial score (nSPS) is 12.7. The molecule has 0 spiro atoms. The molecule has 128 valence electrons. The maximum atomic E-state index is 11.9. The predicted molar refractivity (Wildman–Crippen MR) is 86.5 cm³/mol. The molecule has 7 heteroatoms. The fourth-order valence-electron chi connectivity index (χ4n) is 1.87. The third kappa shape index (κ3) is 11.4. The van der Waals surface area contributed by atoms with Gasteiger partial charge in [0.05, 0.1) is 12.0 Å². The van der Waals surface area contributed by atoms with Crippen molar-refractivity contribution in [2.24, 2.45) is 5.92 Å². The summed E-state index contributed by atoms with van der Waals surface area (Å²) in [5, 5.41) is 2.70. The van der Waals surface area contributed by atoms with E-state index in [0.29, 0.717) is 12.3 Å². The molecular formula is C15H27NO5S. The smallest absolute Gasteiger partial charge is 0.407 e. The van der Waals surface area contributed by atoms with Crippen LogP contribution in [0.1, 0.15) is 53.9 Å². The third-order valence-corrected chi connectivity index (χ3v) is 2.82. The molecular weight excluding hydrogens is 306 g/mol. The Hall–Kier alpha value is -1.24. The lowest BCUT2D eigenvalue weighted by Crippen LogP contribution is -2.41. The second kappa shape index (κ2) is 9.71. The molecule has 0 heterocycles. The number of hydrogen-bond acceptors (Lipinski definition) is 6. The number of carbonyl (C=O) groups excluding carboxylic acids is 3. The molecule has 6 nitrogen and oxygen atoms in total. The monoisotopic (exact) mass is 333 g/mol. The molecule has 0 aliphatic heterocycles. The minimum atomic E-state index is -0.599. The van der Waals surface area contributed by atoms with E-state index in [9.17, 15) is 14.4 Å². The number of rotatable bonds is 8.